The molecule has 4 N–H and O–H groups in total. The number of aliphatic hydroxyl groups is 4. The van der Waals surface area contributed by atoms with Crippen molar-refractivity contribution in [2.75, 3.05) is 0 Å². The monoisotopic (exact) mass is 380 g/mol. The molecular weight excluding hydrogens is 352 g/mol. The first kappa shape index (κ1) is 18.8. The summed E-state index contributed by atoms with van der Waals surface area (Å²) >= 11 is 5.64. The third-order valence-corrected chi connectivity index (χ3v) is 8.66. The van der Waals surface area contributed by atoms with Crippen LogP contribution in [0.25, 0.3) is 0 Å². The Hall–Kier alpha value is -0.570. The van der Waals surface area contributed by atoms with Gasteiger partial charge in [0.15, 0.2) is 0 Å². The zero-order valence-electron chi connectivity index (χ0n) is 15.5. The van der Waals surface area contributed by atoms with Gasteiger partial charge in [0.25, 0.3) is 0 Å². The van der Waals surface area contributed by atoms with Crippen molar-refractivity contribution in [2.45, 2.75) is 76.3 Å². The van der Waals surface area contributed by atoms with Crippen LogP contribution in [0.5, 0.6) is 0 Å². The smallest absolute Gasteiger partial charge is 0.132 e. The molecule has 144 valence electrons. The topological polar surface area (TPSA) is 80.9 Å². The maximum absolute atomic E-state index is 11.2. The molecule has 0 aromatic heterocycles. The van der Waals surface area contributed by atoms with Crippen LogP contribution in [0.4, 0.5) is 0 Å². The van der Waals surface area contributed by atoms with Gasteiger partial charge in [-0.05, 0) is 73.3 Å². The molecule has 0 aromatic rings. The summed E-state index contributed by atoms with van der Waals surface area (Å²) in [6.07, 6.45) is 3.94. The second-order valence-electron chi connectivity index (χ2n) is 9.51. The lowest BCUT2D eigenvalue weighted by Gasteiger charge is -2.59. The standard InChI is InChI=1S/C21H29ClO4/c1-19-11-17(25)15(23)9-12(19)10-16(24)18-13(19)3-5-20(2)14(18)4-6-21(20,26)7-8-22/h10,13-18,23-26H,3-6,9,11H2,1-2H3/t13-,14-,15+,16-,17-,18+,19-,20-,21+/m0/s1. The van der Waals surface area contributed by atoms with Gasteiger partial charge in [0.05, 0.1) is 18.3 Å². The third kappa shape index (κ3) is 2.31. The molecule has 0 aliphatic heterocycles. The quantitative estimate of drug-likeness (QED) is 0.383. The Kier molecular flexibility index (Phi) is 4.31. The maximum Gasteiger partial charge on any atom is 0.132 e. The van der Waals surface area contributed by atoms with Gasteiger partial charge in [0, 0.05) is 10.8 Å². The van der Waals surface area contributed by atoms with Crippen LogP contribution in [0.2, 0.25) is 0 Å². The van der Waals surface area contributed by atoms with Gasteiger partial charge in [0.1, 0.15) is 5.60 Å². The van der Waals surface area contributed by atoms with E-state index in [4.69, 9.17) is 11.6 Å². The summed E-state index contributed by atoms with van der Waals surface area (Å²) in [6.45, 7) is 4.27. The first-order valence-corrected chi connectivity index (χ1v) is 10.1. The van der Waals surface area contributed by atoms with E-state index in [2.05, 4.69) is 25.1 Å². The number of hydrogen-bond donors (Lipinski definition) is 4. The molecule has 4 aliphatic rings. The van der Waals surface area contributed by atoms with E-state index in [9.17, 15) is 20.4 Å². The molecule has 0 radical (unpaired) electrons. The van der Waals surface area contributed by atoms with Crippen molar-refractivity contribution >= 4 is 11.6 Å². The zero-order valence-corrected chi connectivity index (χ0v) is 16.2. The predicted octanol–water partition coefficient (Wildman–Crippen LogP) is 2.18. The first-order chi connectivity index (χ1) is 12.2. The van der Waals surface area contributed by atoms with E-state index in [0.717, 1.165) is 24.8 Å². The van der Waals surface area contributed by atoms with Crippen molar-refractivity contribution in [1.82, 2.24) is 0 Å². The fourth-order valence-electron chi connectivity index (χ4n) is 6.98. The van der Waals surface area contributed by atoms with Crippen molar-refractivity contribution < 1.29 is 20.4 Å². The summed E-state index contributed by atoms with van der Waals surface area (Å²) in [5.74, 6) is 3.29. The van der Waals surface area contributed by atoms with E-state index in [1.165, 1.54) is 0 Å². The van der Waals surface area contributed by atoms with Crippen LogP contribution in [0.3, 0.4) is 0 Å². The molecule has 3 fully saturated rings. The number of halogens is 1. The summed E-state index contributed by atoms with van der Waals surface area (Å²) in [7, 11) is 0. The van der Waals surface area contributed by atoms with Crippen LogP contribution in [0.1, 0.15) is 52.4 Å². The summed E-state index contributed by atoms with van der Waals surface area (Å²) in [5, 5.41) is 45.0. The lowest BCUT2D eigenvalue weighted by Crippen LogP contribution is -2.58. The molecule has 9 atom stereocenters. The first-order valence-electron chi connectivity index (χ1n) is 9.77. The molecule has 0 bridgehead atoms. The van der Waals surface area contributed by atoms with Gasteiger partial charge in [-0.15, -0.1) is 0 Å². The van der Waals surface area contributed by atoms with Crippen LogP contribution < -0.4 is 0 Å². The van der Waals surface area contributed by atoms with E-state index in [1.54, 1.807) is 0 Å². The Morgan fingerprint density at radius 3 is 2.46 bits per heavy atom. The number of fused-ring (bicyclic) bond motifs is 5. The molecule has 4 nitrogen and oxygen atoms in total. The summed E-state index contributed by atoms with van der Waals surface area (Å²) in [4.78, 5) is 0. The Balaban J connectivity index is 1.74. The molecule has 4 aliphatic carbocycles. The normalized spacial score (nSPS) is 55.7. The molecule has 4 rings (SSSR count). The van der Waals surface area contributed by atoms with Gasteiger partial charge >= 0.3 is 0 Å². The zero-order chi connectivity index (χ0) is 18.9. The van der Waals surface area contributed by atoms with E-state index in [1.807, 2.05) is 6.08 Å². The number of aliphatic hydroxyl groups excluding tert-OH is 3. The molecule has 0 aromatic carbocycles. The van der Waals surface area contributed by atoms with Gasteiger partial charge in [0.2, 0.25) is 0 Å². The molecular formula is C21H29ClO4. The van der Waals surface area contributed by atoms with Crippen LogP contribution in [0, 0.1) is 39.9 Å². The number of rotatable bonds is 0. The van der Waals surface area contributed by atoms with E-state index in [-0.39, 0.29) is 28.6 Å². The van der Waals surface area contributed by atoms with Gasteiger partial charge < -0.3 is 20.4 Å². The number of hydrogen-bond acceptors (Lipinski definition) is 4. The van der Waals surface area contributed by atoms with E-state index in [0.29, 0.717) is 19.3 Å². The fourth-order valence-corrected chi connectivity index (χ4v) is 7.13. The molecule has 0 spiro atoms. The second kappa shape index (κ2) is 5.96. The molecule has 0 saturated heterocycles. The highest BCUT2D eigenvalue weighted by Gasteiger charge is 2.65. The molecule has 5 heteroatoms. The van der Waals surface area contributed by atoms with Gasteiger partial charge in [-0.2, -0.15) is 0 Å². The lowest BCUT2D eigenvalue weighted by atomic mass is 9.46. The van der Waals surface area contributed by atoms with Crippen molar-refractivity contribution in [3.8, 4) is 11.3 Å². The minimum absolute atomic E-state index is 0.0380. The largest absolute Gasteiger partial charge is 0.390 e. The highest BCUT2D eigenvalue weighted by Crippen LogP contribution is 2.67. The van der Waals surface area contributed by atoms with Crippen molar-refractivity contribution in [3.63, 3.8) is 0 Å². The molecule has 26 heavy (non-hydrogen) atoms. The highest BCUT2D eigenvalue weighted by atomic mass is 35.5. The van der Waals surface area contributed by atoms with E-state index < -0.39 is 23.9 Å². The second-order valence-corrected chi connectivity index (χ2v) is 9.70. The highest BCUT2D eigenvalue weighted by molar-refractivity contribution is 6.30. The maximum atomic E-state index is 11.2. The van der Waals surface area contributed by atoms with Gasteiger partial charge in [-0.3, -0.25) is 0 Å². The average molecular weight is 381 g/mol. The van der Waals surface area contributed by atoms with Crippen LogP contribution >= 0.6 is 11.6 Å². The Morgan fingerprint density at radius 1 is 1.08 bits per heavy atom. The summed E-state index contributed by atoms with van der Waals surface area (Å²) in [6, 6.07) is 0. The summed E-state index contributed by atoms with van der Waals surface area (Å²) < 4.78 is 0. The molecule has 0 unspecified atom stereocenters. The van der Waals surface area contributed by atoms with Crippen molar-refractivity contribution in [1.29, 1.82) is 0 Å². The summed E-state index contributed by atoms with van der Waals surface area (Å²) in [5.41, 5.74) is -0.604. The van der Waals surface area contributed by atoms with Crippen molar-refractivity contribution in [2.24, 2.45) is 28.6 Å². The lowest BCUT2D eigenvalue weighted by molar-refractivity contribution is -0.134. The molecule has 0 amide bonds. The van der Waals surface area contributed by atoms with Crippen molar-refractivity contribution in [3.05, 3.63) is 11.6 Å². The Bertz CT molecular complexity index is 696. The van der Waals surface area contributed by atoms with Crippen LogP contribution in [-0.2, 0) is 0 Å². The molecule has 0 heterocycles. The van der Waals surface area contributed by atoms with Crippen LogP contribution in [0.15, 0.2) is 11.6 Å². The minimum Gasteiger partial charge on any atom is -0.390 e. The third-order valence-electron chi connectivity index (χ3n) is 8.56. The van der Waals surface area contributed by atoms with Gasteiger partial charge in [-0.1, -0.05) is 31.4 Å². The fraction of sp³-hybridized carbons (Fsp3) is 0.810. The van der Waals surface area contributed by atoms with E-state index >= 15 is 0 Å². The Labute approximate surface area is 160 Å². The Morgan fingerprint density at radius 2 is 1.77 bits per heavy atom. The molecule has 3 saturated carbocycles. The average Bonchev–Trinajstić information content (AvgIpc) is 2.83. The van der Waals surface area contributed by atoms with Crippen LogP contribution in [-0.4, -0.2) is 44.3 Å². The predicted molar refractivity (Wildman–Crippen MR) is 99.1 cm³/mol. The SMILES string of the molecule is C[C@]12C[C@H](O)[C@H](O)CC1=C[C@H](O)[C@@H]1[C@@H]2CC[C@@]2(C)[C@H]1CC[C@@]2(O)C#CCl. The minimum atomic E-state index is -1.10. The van der Waals surface area contributed by atoms with Gasteiger partial charge in [-0.25, -0.2) is 0 Å².